The summed E-state index contributed by atoms with van der Waals surface area (Å²) in [6, 6.07) is 12.1. The number of hydrogen-bond donors (Lipinski definition) is 1. The van der Waals surface area contributed by atoms with Gasteiger partial charge in [-0.25, -0.2) is 4.98 Å². The Morgan fingerprint density at radius 1 is 1.14 bits per heavy atom. The Bertz CT molecular complexity index is 1010. The molecule has 1 aromatic carbocycles. The lowest BCUT2D eigenvalue weighted by Gasteiger charge is -2.18. The van der Waals surface area contributed by atoms with Crippen molar-refractivity contribution in [2.75, 3.05) is 24.3 Å². The van der Waals surface area contributed by atoms with E-state index in [9.17, 15) is 9.00 Å². The average Bonchev–Trinajstić information content (AvgIpc) is 2.68. The minimum atomic E-state index is -1.53. The normalized spacial score (nSPS) is 11.7. The van der Waals surface area contributed by atoms with Crippen LogP contribution in [-0.2, 0) is 16.6 Å². The van der Waals surface area contributed by atoms with Crippen molar-refractivity contribution < 1.29 is 9.00 Å². The van der Waals surface area contributed by atoms with Crippen molar-refractivity contribution in [1.82, 2.24) is 9.97 Å². The van der Waals surface area contributed by atoms with Gasteiger partial charge in [-0.05, 0) is 48.0 Å². The number of carbonyl (C=O) groups excluding carboxylic acids is 1. The standard InChI is InChI=1S/C20H19ClN4O2S/c1-25(2)18-6-5-15(21)12-14(18)13-28(27)20-17(4-3-9-23-20)19(26)24-16-7-10-22-11-8-16/h3-12H,13H2,1-2H3,(H,22,24,26). The van der Waals surface area contributed by atoms with E-state index >= 15 is 0 Å². The Balaban J connectivity index is 1.88. The number of nitrogens with one attached hydrogen (secondary N) is 1. The Kier molecular flexibility index (Phi) is 6.38. The summed E-state index contributed by atoms with van der Waals surface area (Å²) in [5.41, 5.74) is 2.61. The first-order valence-corrected chi connectivity index (χ1v) is 10.2. The molecule has 0 saturated carbocycles. The molecule has 1 atom stereocenters. The molecule has 0 bridgehead atoms. The molecule has 0 radical (unpaired) electrons. The van der Waals surface area contributed by atoms with Crippen LogP contribution in [0.15, 0.2) is 66.1 Å². The molecule has 28 heavy (non-hydrogen) atoms. The average molecular weight is 415 g/mol. The first-order valence-electron chi connectivity index (χ1n) is 8.46. The molecule has 8 heteroatoms. The lowest BCUT2D eigenvalue weighted by atomic mass is 10.2. The summed E-state index contributed by atoms with van der Waals surface area (Å²) in [6.45, 7) is 0. The third-order valence-electron chi connectivity index (χ3n) is 3.98. The summed E-state index contributed by atoms with van der Waals surface area (Å²) in [5, 5.41) is 3.57. The van der Waals surface area contributed by atoms with E-state index in [-0.39, 0.29) is 22.2 Å². The van der Waals surface area contributed by atoms with Gasteiger partial charge in [-0.2, -0.15) is 0 Å². The maximum atomic E-state index is 13.1. The second-order valence-electron chi connectivity index (χ2n) is 6.20. The Hall–Kier alpha value is -2.77. The number of pyridine rings is 2. The highest BCUT2D eigenvalue weighted by atomic mass is 35.5. The summed E-state index contributed by atoms with van der Waals surface area (Å²) in [7, 11) is 2.28. The number of nitrogens with zero attached hydrogens (tertiary/aromatic N) is 3. The summed E-state index contributed by atoms with van der Waals surface area (Å²) < 4.78 is 13.1. The van der Waals surface area contributed by atoms with Crippen LogP contribution >= 0.6 is 11.6 Å². The van der Waals surface area contributed by atoms with Crippen LogP contribution in [-0.4, -0.2) is 34.2 Å². The number of aromatic nitrogens is 2. The molecule has 0 spiro atoms. The molecular weight excluding hydrogens is 396 g/mol. The molecule has 2 heterocycles. The minimum Gasteiger partial charge on any atom is -0.377 e. The predicted octanol–water partition coefficient (Wildman–Crippen LogP) is 3.76. The zero-order valence-corrected chi connectivity index (χ0v) is 17.0. The highest BCUT2D eigenvalue weighted by molar-refractivity contribution is 7.84. The van der Waals surface area contributed by atoms with Crippen LogP contribution in [0.25, 0.3) is 0 Å². The molecule has 0 aliphatic heterocycles. The van der Waals surface area contributed by atoms with Gasteiger partial charge in [-0.15, -0.1) is 0 Å². The second-order valence-corrected chi connectivity index (χ2v) is 8.01. The van der Waals surface area contributed by atoms with E-state index < -0.39 is 10.8 Å². The predicted molar refractivity (Wildman–Crippen MR) is 112 cm³/mol. The van der Waals surface area contributed by atoms with Crippen molar-refractivity contribution in [3.05, 3.63) is 77.2 Å². The fourth-order valence-corrected chi connectivity index (χ4v) is 4.12. The van der Waals surface area contributed by atoms with Gasteiger partial charge in [-0.3, -0.25) is 14.0 Å². The van der Waals surface area contributed by atoms with Gasteiger partial charge < -0.3 is 10.2 Å². The van der Waals surface area contributed by atoms with Crippen LogP contribution in [0.3, 0.4) is 0 Å². The van der Waals surface area contributed by atoms with Crippen LogP contribution in [0, 0.1) is 0 Å². The summed E-state index contributed by atoms with van der Waals surface area (Å²) in [5.74, 6) is -0.178. The van der Waals surface area contributed by atoms with Gasteiger partial charge in [0.25, 0.3) is 5.91 Å². The Morgan fingerprint density at radius 3 is 2.61 bits per heavy atom. The molecule has 0 aliphatic carbocycles. The van der Waals surface area contributed by atoms with Gasteiger partial charge in [0.15, 0.2) is 0 Å². The lowest BCUT2D eigenvalue weighted by Crippen LogP contribution is -2.17. The molecule has 1 unspecified atom stereocenters. The molecule has 144 valence electrons. The van der Waals surface area contributed by atoms with Gasteiger partial charge in [0.1, 0.15) is 5.03 Å². The summed E-state index contributed by atoms with van der Waals surface area (Å²) in [4.78, 5) is 22.7. The van der Waals surface area contributed by atoms with Crippen molar-refractivity contribution in [2.24, 2.45) is 0 Å². The quantitative estimate of drug-likeness (QED) is 0.664. The summed E-state index contributed by atoms with van der Waals surface area (Å²) in [6.07, 6.45) is 4.70. The van der Waals surface area contributed by atoms with Crippen LogP contribution in [0.4, 0.5) is 11.4 Å². The zero-order chi connectivity index (χ0) is 20.1. The van der Waals surface area contributed by atoms with Crippen LogP contribution in [0.5, 0.6) is 0 Å². The monoisotopic (exact) mass is 414 g/mol. The van der Waals surface area contributed by atoms with Crippen molar-refractivity contribution in [1.29, 1.82) is 0 Å². The number of hydrogen-bond acceptors (Lipinski definition) is 5. The van der Waals surface area contributed by atoms with Gasteiger partial charge >= 0.3 is 0 Å². The molecule has 3 rings (SSSR count). The summed E-state index contributed by atoms with van der Waals surface area (Å²) >= 11 is 6.12. The number of anilines is 2. The van der Waals surface area contributed by atoms with E-state index in [0.717, 1.165) is 11.3 Å². The van der Waals surface area contributed by atoms with E-state index in [1.165, 1.54) is 6.20 Å². The Morgan fingerprint density at radius 2 is 1.89 bits per heavy atom. The third kappa shape index (κ3) is 4.74. The molecule has 0 fully saturated rings. The SMILES string of the molecule is CN(C)c1ccc(Cl)cc1CS(=O)c1ncccc1C(=O)Nc1ccncc1. The molecule has 1 N–H and O–H groups in total. The number of halogens is 1. The fourth-order valence-electron chi connectivity index (χ4n) is 2.69. The molecule has 0 saturated heterocycles. The fraction of sp³-hybridized carbons (Fsp3) is 0.150. The topological polar surface area (TPSA) is 75.2 Å². The van der Waals surface area contributed by atoms with E-state index in [0.29, 0.717) is 10.7 Å². The molecular formula is C20H19ClN4O2S. The first-order chi connectivity index (χ1) is 13.5. The van der Waals surface area contributed by atoms with Gasteiger partial charge in [0.2, 0.25) is 0 Å². The molecule has 3 aromatic rings. The Labute approximate surface area is 171 Å². The number of rotatable bonds is 6. The van der Waals surface area contributed by atoms with Crippen LogP contribution in [0.2, 0.25) is 5.02 Å². The van der Waals surface area contributed by atoms with Crippen molar-refractivity contribution in [2.45, 2.75) is 10.8 Å². The van der Waals surface area contributed by atoms with Crippen molar-refractivity contribution >= 4 is 39.7 Å². The molecule has 1 amide bonds. The van der Waals surface area contributed by atoms with Gasteiger partial charge in [0, 0.05) is 49.1 Å². The van der Waals surface area contributed by atoms with Gasteiger partial charge in [-0.1, -0.05) is 11.6 Å². The van der Waals surface area contributed by atoms with Crippen LogP contribution in [0.1, 0.15) is 15.9 Å². The van der Waals surface area contributed by atoms with Gasteiger partial charge in [0.05, 0.1) is 22.1 Å². The van der Waals surface area contributed by atoms with Crippen LogP contribution < -0.4 is 10.2 Å². The lowest BCUT2D eigenvalue weighted by molar-refractivity contribution is 0.102. The van der Waals surface area contributed by atoms with Crippen molar-refractivity contribution in [3.8, 4) is 0 Å². The van der Waals surface area contributed by atoms with E-state index in [2.05, 4.69) is 15.3 Å². The van der Waals surface area contributed by atoms with E-state index in [1.54, 1.807) is 48.8 Å². The smallest absolute Gasteiger partial charge is 0.258 e. The largest absolute Gasteiger partial charge is 0.377 e. The molecule has 0 aliphatic rings. The first kappa shape index (κ1) is 20.0. The molecule has 2 aromatic heterocycles. The van der Waals surface area contributed by atoms with E-state index in [1.807, 2.05) is 25.1 Å². The number of amides is 1. The third-order valence-corrected chi connectivity index (χ3v) is 5.54. The van der Waals surface area contributed by atoms with E-state index in [4.69, 9.17) is 11.6 Å². The maximum absolute atomic E-state index is 13.1. The number of carbonyl (C=O) groups is 1. The zero-order valence-electron chi connectivity index (χ0n) is 15.4. The highest BCUT2D eigenvalue weighted by Crippen LogP contribution is 2.26. The maximum Gasteiger partial charge on any atom is 0.258 e. The second kappa shape index (κ2) is 8.95. The minimum absolute atomic E-state index is 0.195. The molecule has 6 nitrogen and oxygen atoms in total. The number of benzene rings is 1. The highest BCUT2D eigenvalue weighted by Gasteiger charge is 2.19. The van der Waals surface area contributed by atoms with Crippen molar-refractivity contribution in [3.63, 3.8) is 0 Å².